The number of carboxylic acids is 1. The number of alkyl halides is 3. The molecule has 1 aliphatic carbocycles. The third kappa shape index (κ3) is 8.16. The topological polar surface area (TPSA) is 139 Å². The lowest BCUT2D eigenvalue weighted by Gasteiger charge is -2.31. The fourth-order valence-electron chi connectivity index (χ4n) is 4.32. The maximum Gasteiger partial charge on any atom is 0.416 e. The van der Waals surface area contributed by atoms with E-state index in [0.29, 0.717) is 31.2 Å². The Balaban J connectivity index is 0.00000507. The summed E-state index contributed by atoms with van der Waals surface area (Å²) >= 11 is 0. The van der Waals surface area contributed by atoms with E-state index in [1.807, 2.05) is 0 Å². The van der Waals surface area contributed by atoms with Gasteiger partial charge in [-0.3, -0.25) is 9.59 Å². The monoisotopic (exact) mass is 577 g/mol. The molecule has 0 spiro atoms. The van der Waals surface area contributed by atoms with Crippen LogP contribution in [0.2, 0.25) is 0 Å². The highest BCUT2D eigenvalue weighted by molar-refractivity contribution is 7.89. The van der Waals surface area contributed by atoms with Gasteiger partial charge in [0.25, 0.3) is 0 Å². The number of benzene rings is 2. The standard InChI is InChI=1S/C25H30F3N3O5S.ClH/c1-24(29,23(33)34)15-21(16-5-3-2-4-6-16)30-22(32)17-7-11-19(12-8-17)31-37(35,36)20-13-9-18(10-14-20)25(26,27)28;/h2-6,9-10,13-14,17,19,21,31H,7-8,11-12,15,29H2,1H3,(H,30,32)(H,33,34);1H/t17?,19?,21-,24-;/m0./s1. The van der Waals surface area contributed by atoms with E-state index in [9.17, 15) is 36.3 Å². The summed E-state index contributed by atoms with van der Waals surface area (Å²) in [5.74, 6) is -1.88. The Morgan fingerprint density at radius 1 is 1.03 bits per heavy atom. The summed E-state index contributed by atoms with van der Waals surface area (Å²) in [4.78, 5) is 24.3. The lowest BCUT2D eigenvalue weighted by molar-refractivity contribution is -0.143. The molecule has 1 saturated carbocycles. The molecule has 2 atom stereocenters. The van der Waals surface area contributed by atoms with Gasteiger partial charge in [-0.25, -0.2) is 13.1 Å². The van der Waals surface area contributed by atoms with Crippen molar-refractivity contribution in [1.29, 1.82) is 0 Å². The van der Waals surface area contributed by atoms with E-state index >= 15 is 0 Å². The zero-order valence-corrected chi connectivity index (χ0v) is 22.2. The molecule has 2 aromatic carbocycles. The maximum atomic E-state index is 13.0. The molecule has 0 aliphatic heterocycles. The van der Waals surface area contributed by atoms with Crippen molar-refractivity contribution in [3.8, 4) is 0 Å². The minimum atomic E-state index is -4.56. The number of sulfonamides is 1. The van der Waals surface area contributed by atoms with E-state index in [2.05, 4.69) is 10.0 Å². The maximum absolute atomic E-state index is 13.0. The van der Waals surface area contributed by atoms with E-state index in [1.165, 1.54) is 6.92 Å². The Bertz CT molecular complexity index is 1200. The summed E-state index contributed by atoms with van der Waals surface area (Å²) < 4.78 is 66.0. The van der Waals surface area contributed by atoms with Crippen molar-refractivity contribution in [3.63, 3.8) is 0 Å². The molecule has 2 aromatic rings. The van der Waals surface area contributed by atoms with Crippen LogP contribution in [0.15, 0.2) is 59.5 Å². The number of carbonyl (C=O) groups excluding carboxylic acids is 1. The fraction of sp³-hybridized carbons (Fsp3) is 0.440. The second kappa shape index (κ2) is 12.5. The highest BCUT2D eigenvalue weighted by Gasteiger charge is 2.35. The van der Waals surface area contributed by atoms with Crippen LogP contribution in [0.5, 0.6) is 0 Å². The summed E-state index contributed by atoms with van der Waals surface area (Å²) in [5.41, 5.74) is 4.14. The van der Waals surface area contributed by atoms with Crippen molar-refractivity contribution in [1.82, 2.24) is 10.0 Å². The summed E-state index contributed by atoms with van der Waals surface area (Å²) in [6.45, 7) is 1.38. The molecule has 1 amide bonds. The molecule has 38 heavy (non-hydrogen) atoms. The number of rotatable bonds is 9. The first-order valence-electron chi connectivity index (χ1n) is 11.8. The molecule has 1 aliphatic rings. The van der Waals surface area contributed by atoms with E-state index in [-0.39, 0.29) is 29.6 Å². The van der Waals surface area contributed by atoms with Gasteiger partial charge in [0, 0.05) is 18.4 Å². The van der Waals surface area contributed by atoms with Crippen LogP contribution in [0.25, 0.3) is 0 Å². The summed E-state index contributed by atoms with van der Waals surface area (Å²) in [7, 11) is -4.03. The average Bonchev–Trinajstić information content (AvgIpc) is 2.83. The number of nitrogens with two attached hydrogens (primary N) is 1. The van der Waals surface area contributed by atoms with Crippen LogP contribution in [-0.2, 0) is 25.8 Å². The van der Waals surface area contributed by atoms with Gasteiger partial charge in [-0.2, -0.15) is 13.2 Å². The molecule has 8 nitrogen and oxygen atoms in total. The third-order valence-corrected chi connectivity index (χ3v) is 8.08. The quantitative estimate of drug-likeness (QED) is 0.355. The van der Waals surface area contributed by atoms with Gasteiger partial charge < -0.3 is 16.2 Å². The Hall–Kier alpha value is -2.67. The molecule has 13 heteroatoms. The second-order valence-corrected chi connectivity index (χ2v) is 11.3. The molecule has 0 bridgehead atoms. The first-order chi connectivity index (χ1) is 17.2. The van der Waals surface area contributed by atoms with Crippen LogP contribution < -0.4 is 15.8 Å². The molecular weight excluding hydrogens is 547 g/mol. The first-order valence-corrected chi connectivity index (χ1v) is 13.2. The zero-order chi connectivity index (χ0) is 27.4. The summed E-state index contributed by atoms with van der Waals surface area (Å²) in [6.07, 6.45) is -3.11. The Morgan fingerprint density at radius 2 is 1.58 bits per heavy atom. The molecule has 0 radical (unpaired) electrons. The van der Waals surface area contributed by atoms with Gasteiger partial charge in [-0.1, -0.05) is 30.3 Å². The number of nitrogens with one attached hydrogen (secondary N) is 2. The molecule has 210 valence electrons. The molecule has 1 fully saturated rings. The van der Waals surface area contributed by atoms with E-state index in [1.54, 1.807) is 30.3 Å². The number of carboxylic acid groups (broad SMARTS) is 1. The van der Waals surface area contributed by atoms with E-state index in [0.717, 1.165) is 24.3 Å². The SMILES string of the molecule is C[C@](N)(C[C@H](NC(=O)C1CCC(NS(=O)(=O)c2ccc(C(F)(F)F)cc2)CC1)c1ccccc1)C(=O)O.Cl. The molecule has 0 unspecified atom stereocenters. The number of hydrogen-bond acceptors (Lipinski definition) is 5. The van der Waals surface area contributed by atoms with Crippen molar-refractivity contribution in [2.75, 3.05) is 0 Å². The van der Waals surface area contributed by atoms with Crippen LogP contribution in [-0.4, -0.2) is 37.0 Å². The van der Waals surface area contributed by atoms with Crippen molar-refractivity contribution in [2.24, 2.45) is 11.7 Å². The van der Waals surface area contributed by atoms with Gasteiger partial charge in [-0.15, -0.1) is 12.4 Å². The predicted octanol–water partition coefficient (Wildman–Crippen LogP) is 4.01. The van der Waals surface area contributed by atoms with Crippen LogP contribution in [0.3, 0.4) is 0 Å². The van der Waals surface area contributed by atoms with Gasteiger partial charge in [0.2, 0.25) is 15.9 Å². The van der Waals surface area contributed by atoms with Crippen molar-refractivity contribution >= 4 is 34.3 Å². The van der Waals surface area contributed by atoms with Crippen LogP contribution in [0.4, 0.5) is 13.2 Å². The fourth-order valence-corrected chi connectivity index (χ4v) is 5.63. The van der Waals surface area contributed by atoms with Gasteiger partial charge in [0.15, 0.2) is 0 Å². The molecule has 0 saturated heterocycles. The number of halogens is 4. The van der Waals surface area contributed by atoms with E-state index in [4.69, 9.17) is 5.73 Å². The summed E-state index contributed by atoms with van der Waals surface area (Å²) in [5, 5.41) is 12.3. The summed E-state index contributed by atoms with van der Waals surface area (Å²) in [6, 6.07) is 11.1. The Kier molecular flexibility index (Phi) is 10.3. The highest BCUT2D eigenvalue weighted by atomic mass is 35.5. The van der Waals surface area contributed by atoms with Gasteiger partial charge in [0.1, 0.15) is 5.54 Å². The van der Waals surface area contributed by atoms with Crippen molar-refractivity contribution in [3.05, 3.63) is 65.7 Å². The highest BCUT2D eigenvalue weighted by Crippen LogP contribution is 2.31. The molecular formula is C25H31ClF3N3O5S. The van der Waals surface area contributed by atoms with Crippen molar-refractivity contribution in [2.45, 2.75) is 67.7 Å². The molecule has 0 aromatic heterocycles. The number of hydrogen-bond donors (Lipinski definition) is 4. The lowest BCUT2D eigenvalue weighted by Crippen LogP contribution is -2.49. The van der Waals surface area contributed by atoms with Crippen LogP contribution in [0, 0.1) is 5.92 Å². The molecule has 5 N–H and O–H groups in total. The van der Waals surface area contributed by atoms with Gasteiger partial charge >= 0.3 is 12.1 Å². The first kappa shape index (κ1) is 31.5. The second-order valence-electron chi connectivity index (χ2n) is 9.59. The minimum absolute atomic E-state index is 0. The normalized spacial score (nSPS) is 20.4. The molecule has 0 heterocycles. The number of amides is 1. The average molecular weight is 578 g/mol. The largest absolute Gasteiger partial charge is 0.480 e. The molecule has 3 rings (SSSR count). The third-order valence-electron chi connectivity index (χ3n) is 6.55. The van der Waals surface area contributed by atoms with Crippen LogP contribution in [0.1, 0.15) is 56.2 Å². The predicted molar refractivity (Wildman–Crippen MR) is 137 cm³/mol. The Morgan fingerprint density at radius 3 is 2.08 bits per heavy atom. The zero-order valence-electron chi connectivity index (χ0n) is 20.6. The lowest BCUT2D eigenvalue weighted by atomic mass is 9.85. The van der Waals surface area contributed by atoms with Gasteiger partial charge in [-0.05, 0) is 62.4 Å². The smallest absolute Gasteiger partial charge is 0.416 e. The Labute approximate surface area is 225 Å². The number of aliphatic carboxylic acids is 1. The van der Waals surface area contributed by atoms with Gasteiger partial charge in [0.05, 0.1) is 16.5 Å². The number of carbonyl (C=O) groups is 2. The minimum Gasteiger partial charge on any atom is -0.480 e. The van der Waals surface area contributed by atoms with Crippen LogP contribution >= 0.6 is 12.4 Å². The van der Waals surface area contributed by atoms with E-state index < -0.39 is 51.3 Å². The van der Waals surface area contributed by atoms with Crippen molar-refractivity contribution < 1.29 is 36.3 Å².